The summed E-state index contributed by atoms with van der Waals surface area (Å²) >= 11 is 6.37. The second-order valence-corrected chi connectivity index (χ2v) is 11.5. The number of aromatic nitrogens is 4. The fourth-order valence-electron chi connectivity index (χ4n) is 5.01. The quantitative estimate of drug-likeness (QED) is 0.164. The Hall–Kier alpha value is -3.88. The van der Waals surface area contributed by atoms with Gasteiger partial charge in [0.25, 0.3) is 11.8 Å². The van der Waals surface area contributed by atoms with Crippen molar-refractivity contribution in [2.24, 2.45) is 5.22 Å². The maximum absolute atomic E-state index is 13.6. The molecule has 0 bridgehead atoms. The average molecular weight is 632 g/mol. The zero-order valence-electron chi connectivity index (χ0n) is 24.6. The van der Waals surface area contributed by atoms with Crippen molar-refractivity contribution in [3.63, 3.8) is 0 Å². The molecule has 236 valence electrons. The second kappa shape index (κ2) is 13.8. The van der Waals surface area contributed by atoms with Gasteiger partial charge in [-0.3, -0.25) is 14.6 Å². The molecule has 1 aromatic carbocycles. The van der Waals surface area contributed by atoms with Crippen molar-refractivity contribution in [2.75, 3.05) is 44.8 Å². The van der Waals surface area contributed by atoms with E-state index in [2.05, 4.69) is 37.1 Å². The molecule has 2 saturated heterocycles. The van der Waals surface area contributed by atoms with Crippen LogP contribution in [-0.4, -0.2) is 87.2 Å². The number of ether oxygens (including phenoxy) is 3. The van der Waals surface area contributed by atoms with E-state index >= 15 is 0 Å². The van der Waals surface area contributed by atoms with Crippen molar-refractivity contribution in [1.82, 2.24) is 29.7 Å². The number of hydrogen-bond donors (Lipinski definition) is 2. The minimum atomic E-state index is -3.02. The SMILES string of the molecule is C=CN(C[C@H](C)Oc1cc(-c2cnc(Nc3cn(C4CCN(C5COC5)CC4)nc3OCC(C)(F)F)nc2)ccc1Cl)N=N. The highest BCUT2D eigenvalue weighted by Crippen LogP contribution is 2.34. The maximum Gasteiger partial charge on any atom is 0.278 e. The maximum atomic E-state index is 13.6. The van der Waals surface area contributed by atoms with E-state index in [9.17, 15) is 8.78 Å². The molecule has 2 aromatic heterocycles. The summed E-state index contributed by atoms with van der Waals surface area (Å²) < 4.78 is 45.8. The monoisotopic (exact) mass is 631 g/mol. The minimum absolute atomic E-state index is 0.0656. The van der Waals surface area contributed by atoms with Crippen molar-refractivity contribution < 1.29 is 23.0 Å². The van der Waals surface area contributed by atoms with Crippen LogP contribution in [0.3, 0.4) is 0 Å². The van der Waals surface area contributed by atoms with Gasteiger partial charge in [-0.25, -0.2) is 18.7 Å². The third-order valence-corrected chi connectivity index (χ3v) is 7.76. The number of hydrogen-bond acceptors (Lipinski definition) is 10. The summed E-state index contributed by atoms with van der Waals surface area (Å²) in [5, 5.41) is 12.7. The minimum Gasteiger partial charge on any atom is -0.487 e. The second-order valence-electron chi connectivity index (χ2n) is 11.0. The first kappa shape index (κ1) is 31.5. The van der Waals surface area contributed by atoms with Gasteiger partial charge < -0.3 is 19.5 Å². The molecule has 0 radical (unpaired) electrons. The number of anilines is 2. The molecule has 0 saturated carbocycles. The highest BCUT2D eigenvalue weighted by Gasteiger charge is 2.31. The summed E-state index contributed by atoms with van der Waals surface area (Å²) in [6.45, 7) is 9.15. The van der Waals surface area contributed by atoms with Gasteiger partial charge in [-0.15, -0.1) is 5.10 Å². The average Bonchev–Trinajstić information content (AvgIpc) is 3.38. The highest BCUT2D eigenvalue weighted by atomic mass is 35.5. The van der Waals surface area contributed by atoms with Gasteiger partial charge in [0.2, 0.25) is 5.95 Å². The van der Waals surface area contributed by atoms with E-state index in [0.717, 1.165) is 51.6 Å². The number of likely N-dealkylation sites (tertiary alicyclic amines) is 1. The fourth-order valence-corrected chi connectivity index (χ4v) is 5.17. The van der Waals surface area contributed by atoms with E-state index in [0.29, 0.717) is 34.6 Å². The molecule has 12 nitrogen and oxygen atoms in total. The van der Waals surface area contributed by atoms with Crippen LogP contribution in [0.5, 0.6) is 11.6 Å². The van der Waals surface area contributed by atoms with Gasteiger partial charge in [0.05, 0.1) is 43.1 Å². The lowest BCUT2D eigenvalue weighted by atomic mass is 10.0. The Morgan fingerprint density at radius 1 is 1.25 bits per heavy atom. The van der Waals surface area contributed by atoms with Crippen LogP contribution in [0.1, 0.15) is 32.7 Å². The van der Waals surface area contributed by atoms with Crippen LogP contribution in [0.4, 0.5) is 20.4 Å². The number of nitrogens with one attached hydrogen (secondary N) is 2. The van der Waals surface area contributed by atoms with Gasteiger partial charge in [-0.05, 0) is 37.5 Å². The number of piperidine rings is 1. The summed E-state index contributed by atoms with van der Waals surface area (Å²) in [6, 6.07) is 5.92. The number of nitrogens with zero attached hydrogens (tertiary/aromatic N) is 7. The van der Waals surface area contributed by atoms with Gasteiger partial charge in [-0.2, -0.15) is 5.53 Å². The third kappa shape index (κ3) is 7.98. The summed E-state index contributed by atoms with van der Waals surface area (Å²) in [6.07, 6.45) is 7.90. The van der Waals surface area contributed by atoms with E-state index in [1.165, 1.54) is 11.2 Å². The number of halogens is 3. The van der Waals surface area contributed by atoms with Crippen LogP contribution < -0.4 is 14.8 Å². The van der Waals surface area contributed by atoms with Crippen LogP contribution in [0.25, 0.3) is 11.1 Å². The van der Waals surface area contributed by atoms with Gasteiger partial charge in [0.15, 0.2) is 6.61 Å². The Balaban J connectivity index is 1.28. The first-order valence-corrected chi connectivity index (χ1v) is 14.7. The van der Waals surface area contributed by atoms with Crippen LogP contribution >= 0.6 is 11.6 Å². The predicted molar refractivity (Wildman–Crippen MR) is 161 cm³/mol. The first-order valence-electron chi connectivity index (χ1n) is 14.4. The molecule has 44 heavy (non-hydrogen) atoms. The van der Waals surface area contributed by atoms with Crippen LogP contribution in [-0.2, 0) is 4.74 Å². The molecule has 3 aromatic rings. The Labute approximate surface area is 259 Å². The molecule has 15 heteroatoms. The van der Waals surface area contributed by atoms with Crippen molar-refractivity contribution in [1.29, 1.82) is 5.53 Å². The molecule has 4 heterocycles. The molecular weight excluding hydrogens is 596 g/mol. The zero-order chi connectivity index (χ0) is 31.3. The largest absolute Gasteiger partial charge is 0.487 e. The standard InChI is InChI=1S/C29H36ClF2N9O3/c1-4-40(38-33)14-19(2)44-26-11-20(5-6-24(26)30)21-12-34-28(35-13-21)36-25-15-41(37-27(25)43-18-29(3,31)32)22-7-9-39(10-8-22)23-16-42-17-23/h4-6,11-13,15,19,22-23,33H,1,7-10,14,16-18H2,2-3H3,(H,34,35,36)/t19-/m0/s1. The number of rotatable bonds is 14. The van der Waals surface area contributed by atoms with Crippen LogP contribution in [0, 0.1) is 5.53 Å². The number of alkyl halides is 2. The fraction of sp³-hybridized carbons (Fsp3) is 0.483. The van der Waals surface area contributed by atoms with E-state index < -0.39 is 12.5 Å². The van der Waals surface area contributed by atoms with Crippen molar-refractivity contribution in [2.45, 2.75) is 50.8 Å². The van der Waals surface area contributed by atoms with E-state index in [-0.39, 0.29) is 24.0 Å². The Kier molecular flexibility index (Phi) is 9.91. The lowest BCUT2D eigenvalue weighted by molar-refractivity contribution is -0.0735. The lowest BCUT2D eigenvalue weighted by Gasteiger charge is -2.41. The molecular formula is C29H36ClF2N9O3. The van der Waals surface area contributed by atoms with Crippen molar-refractivity contribution in [3.8, 4) is 22.8 Å². The van der Waals surface area contributed by atoms with Crippen molar-refractivity contribution >= 4 is 23.2 Å². The highest BCUT2D eigenvalue weighted by molar-refractivity contribution is 6.32. The summed E-state index contributed by atoms with van der Waals surface area (Å²) in [7, 11) is 0. The molecule has 2 aliphatic heterocycles. The zero-order valence-corrected chi connectivity index (χ0v) is 25.4. The topological polar surface area (TPSA) is 126 Å². The van der Waals surface area contributed by atoms with E-state index in [1.54, 1.807) is 35.4 Å². The first-order chi connectivity index (χ1) is 21.1. The molecule has 0 unspecified atom stereocenters. The molecule has 1 atom stereocenters. The molecule has 2 aliphatic rings. The lowest BCUT2D eigenvalue weighted by Crippen LogP contribution is -2.51. The molecule has 0 aliphatic carbocycles. The molecule has 5 rings (SSSR count). The molecule has 0 amide bonds. The summed E-state index contributed by atoms with van der Waals surface area (Å²) in [5.41, 5.74) is 9.06. The van der Waals surface area contributed by atoms with Gasteiger partial charge >= 0.3 is 0 Å². The van der Waals surface area contributed by atoms with Gasteiger partial charge in [0.1, 0.15) is 17.5 Å². The Morgan fingerprint density at radius 2 is 1.98 bits per heavy atom. The molecule has 0 spiro atoms. The normalized spacial score (nSPS) is 17.0. The molecule has 2 fully saturated rings. The number of benzene rings is 1. The predicted octanol–water partition coefficient (Wildman–Crippen LogP) is 5.97. The van der Waals surface area contributed by atoms with Crippen LogP contribution in [0.2, 0.25) is 5.02 Å². The van der Waals surface area contributed by atoms with E-state index in [4.69, 9.17) is 31.3 Å². The van der Waals surface area contributed by atoms with Crippen molar-refractivity contribution in [3.05, 3.63) is 54.6 Å². The smallest absolute Gasteiger partial charge is 0.278 e. The van der Waals surface area contributed by atoms with Gasteiger partial charge in [0, 0.05) is 44.2 Å². The Morgan fingerprint density at radius 3 is 2.59 bits per heavy atom. The summed E-state index contributed by atoms with van der Waals surface area (Å²) in [5.74, 6) is -2.24. The summed E-state index contributed by atoms with van der Waals surface area (Å²) in [4.78, 5) is 11.3. The Bertz CT molecular complexity index is 1420. The van der Waals surface area contributed by atoms with E-state index in [1.807, 2.05) is 13.0 Å². The van der Waals surface area contributed by atoms with Crippen LogP contribution in [0.15, 0.2) is 54.8 Å². The van der Waals surface area contributed by atoms with Gasteiger partial charge in [-0.1, -0.05) is 29.5 Å². The molecule has 2 N–H and O–H groups in total. The third-order valence-electron chi connectivity index (χ3n) is 7.44.